The third kappa shape index (κ3) is 6.61. The molecule has 1 aromatic heterocycles. The quantitative estimate of drug-likeness (QED) is 0.694. The second-order valence-corrected chi connectivity index (χ2v) is 7.23. The summed E-state index contributed by atoms with van der Waals surface area (Å²) in [4.78, 5) is 29.6. The van der Waals surface area contributed by atoms with Gasteiger partial charge < -0.3 is 15.1 Å². The number of hydrogen-bond acceptors (Lipinski definition) is 4. The van der Waals surface area contributed by atoms with Gasteiger partial charge in [0, 0.05) is 50.4 Å². The van der Waals surface area contributed by atoms with Gasteiger partial charge in [-0.15, -0.1) is 11.3 Å². The lowest BCUT2D eigenvalue weighted by molar-refractivity contribution is -0.132. The van der Waals surface area contributed by atoms with E-state index in [1.807, 2.05) is 4.90 Å². The molecule has 1 fully saturated rings. The largest absolute Gasteiger partial charge is 0.356 e. The summed E-state index contributed by atoms with van der Waals surface area (Å²) in [5.41, 5.74) is 0. The monoisotopic (exact) mass is 351 g/mol. The van der Waals surface area contributed by atoms with Crippen LogP contribution in [0.1, 0.15) is 37.5 Å². The number of nitrogens with zero attached hydrogens (tertiary/aromatic N) is 2. The molecule has 0 atom stereocenters. The van der Waals surface area contributed by atoms with Crippen molar-refractivity contribution in [3.63, 3.8) is 0 Å². The van der Waals surface area contributed by atoms with Gasteiger partial charge in [-0.3, -0.25) is 9.59 Å². The maximum Gasteiger partial charge on any atom is 0.224 e. The van der Waals surface area contributed by atoms with Crippen LogP contribution in [0.25, 0.3) is 0 Å². The number of likely N-dealkylation sites (N-methyl/N-ethyl adjacent to an activating group) is 1. The van der Waals surface area contributed by atoms with Gasteiger partial charge in [-0.25, -0.2) is 0 Å². The molecule has 1 saturated heterocycles. The Hall–Kier alpha value is -1.40. The third-order valence-electron chi connectivity index (χ3n) is 4.49. The molecule has 1 aliphatic heterocycles. The van der Waals surface area contributed by atoms with Gasteiger partial charge in [-0.1, -0.05) is 13.0 Å². The van der Waals surface area contributed by atoms with Crippen LogP contribution in [-0.4, -0.2) is 60.9 Å². The minimum Gasteiger partial charge on any atom is -0.356 e. The highest BCUT2D eigenvalue weighted by molar-refractivity contribution is 7.09. The number of nitrogens with one attached hydrogen (secondary N) is 1. The van der Waals surface area contributed by atoms with Crippen molar-refractivity contribution >= 4 is 23.2 Å². The second-order valence-electron chi connectivity index (χ2n) is 6.20. The molecule has 1 aliphatic rings. The molecule has 6 heteroatoms. The van der Waals surface area contributed by atoms with E-state index in [1.54, 1.807) is 11.3 Å². The average molecular weight is 352 g/mol. The molecule has 134 valence electrons. The van der Waals surface area contributed by atoms with Gasteiger partial charge in [0.1, 0.15) is 0 Å². The molecule has 2 rings (SSSR count). The second kappa shape index (κ2) is 10.5. The van der Waals surface area contributed by atoms with Gasteiger partial charge in [-0.05, 0) is 37.3 Å². The van der Waals surface area contributed by atoms with Gasteiger partial charge in [-0.2, -0.15) is 0 Å². The molecule has 1 N–H and O–H groups in total. The lowest BCUT2D eigenvalue weighted by Crippen LogP contribution is -2.49. The van der Waals surface area contributed by atoms with E-state index in [2.05, 4.69) is 34.7 Å². The molecule has 0 unspecified atom stereocenters. The molecule has 0 aromatic carbocycles. The first-order chi connectivity index (χ1) is 11.7. The molecular formula is C18H29N3O2S. The zero-order valence-corrected chi connectivity index (χ0v) is 15.4. The van der Waals surface area contributed by atoms with E-state index in [9.17, 15) is 9.59 Å². The van der Waals surface area contributed by atoms with Gasteiger partial charge >= 0.3 is 0 Å². The van der Waals surface area contributed by atoms with Crippen molar-refractivity contribution in [3.8, 4) is 0 Å². The van der Waals surface area contributed by atoms with Crippen LogP contribution in [0.5, 0.6) is 0 Å². The number of unbranched alkanes of at least 4 members (excludes halogenated alkanes) is 1. The number of hydrogen-bond donors (Lipinski definition) is 1. The van der Waals surface area contributed by atoms with Gasteiger partial charge in [0.2, 0.25) is 11.8 Å². The number of rotatable bonds is 9. The lowest BCUT2D eigenvalue weighted by atomic mass is 10.1. The summed E-state index contributed by atoms with van der Waals surface area (Å²) in [5.74, 6) is 0.216. The Bertz CT molecular complexity index is 496. The van der Waals surface area contributed by atoms with Crippen LogP contribution in [0, 0.1) is 0 Å². The van der Waals surface area contributed by atoms with Crippen molar-refractivity contribution in [2.45, 2.75) is 39.0 Å². The molecule has 2 heterocycles. The van der Waals surface area contributed by atoms with Crippen LogP contribution >= 0.6 is 11.3 Å². The summed E-state index contributed by atoms with van der Waals surface area (Å²) < 4.78 is 0. The summed E-state index contributed by atoms with van der Waals surface area (Å²) in [5, 5.41) is 4.96. The van der Waals surface area contributed by atoms with E-state index < -0.39 is 0 Å². The number of amides is 2. The Morgan fingerprint density at radius 3 is 2.62 bits per heavy atom. The fourth-order valence-electron chi connectivity index (χ4n) is 2.91. The van der Waals surface area contributed by atoms with Crippen LogP contribution < -0.4 is 5.32 Å². The smallest absolute Gasteiger partial charge is 0.224 e. The summed E-state index contributed by atoms with van der Waals surface area (Å²) in [6, 6.07) is 4.20. The van der Waals surface area contributed by atoms with Crippen LogP contribution in [0.15, 0.2) is 17.5 Å². The fourth-order valence-corrected chi connectivity index (χ4v) is 3.66. The predicted octanol–water partition coefficient (Wildman–Crippen LogP) is 2.13. The molecular weight excluding hydrogens is 322 g/mol. The minimum atomic E-state index is 0.0600. The van der Waals surface area contributed by atoms with Crippen LogP contribution in [0.4, 0.5) is 0 Å². The van der Waals surface area contributed by atoms with Gasteiger partial charge in [0.05, 0.1) is 0 Å². The van der Waals surface area contributed by atoms with E-state index in [4.69, 9.17) is 0 Å². The number of piperazine rings is 1. The zero-order valence-electron chi connectivity index (χ0n) is 14.6. The molecule has 0 saturated carbocycles. The molecule has 0 radical (unpaired) electrons. The first-order valence-corrected chi connectivity index (χ1v) is 9.86. The maximum absolute atomic E-state index is 12.1. The predicted molar refractivity (Wildman–Crippen MR) is 98.2 cm³/mol. The van der Waals surface area contributed by atoms with Gasteiger partial charge in [0.15, 0.2) is 0 Å². The lowest BCUT2D eigenvalue weighted by Gasteiger charge is -2.34. The van der Waals surface area contributed by atoms with Crippen LogP contribution in [-0.2, 0) is 16.0 Å². The molecule has 24 heavy (non-hydrogen) atoms. The highest BCUT2D eigenvalue weighted by Gasteiger charge is 2.19. The van der Waals surface area contributed by atoms with Crippen molar-refractivity contribution in [2.75, 3.05) is 39.3 Å². The van der Waals surface area contributed by atoms with Gasteiger partial charge in [0.25, 0.3) is 0 Å². The van der Waals surface area contributed by atoms with Crippen molar-refractivity contribution < 1.29 is 9.59 Å². The molecule has 0 spiro atoms. The normalized spacial score (nSPS) is 15.5. The van der Waals surface area contributed by atoms with E-state index >= 15 is 0 Å². The van der Waals surface area contributed by atoms with Crippen molar-refractivity contribution in [3.05, 3.63) is 22.4 Å². The highest BCUT2D eigenvalue weighted by Crippen LogP contribution is 2.12. The topological polar surface area (TPSA) is 52.6 Å². The Morgan fingerprint density at radius 2 is 1.96 bits per heavy atom. The third-order valence-corrected chi connectivity index (χ3v) is 5.43. The van der Waals surface area contributed by atoms with Crippen molar-refractivity contribution in [1.82, 2.24) is 15.1 Å². The first-order valence-electron chi connectivity index (χ1n) is 8.98. The maximum atomic E-state index is 12.1. The summed E-state index contributed by atoms with van der Waals surface area (Å²) in [6.45, 7) is 7.18. The standard InChI is InChI=1S/C18H29N3O2S/c1-2-20-11-13-21(14-12-20)18(23)9-10-19-17(22)8-4-3-6-16-7-5-15-24-16/h5,7,15H,2-4,6,8-14H2,1H3,(H,19,22). The molecule has 5 nitrogen and oxygen atoms in total. The van der Waals surface area contributed by atoms with E-state index in [0.29, 0.717) is 19.4 Å². The fraction of sp³-hybridized carbons (Fsp3) is 0.667. The molecule has 0 aliphatic carbocycles. The van der Waals surface area contributed by atoms with Crippen molar-refractivity contribution in [2.24, 2.45) is 0 Å². The summed E-state index contributed by atoms with van der Waals surface area (Å²) in [7, 11) is 0. The Balaban J connectivity index is 1.50. The summed E-state index contributed by atoms with van der Waals surface area (Å²) in [6.07, 6.45) is 3.94. The first kappa shape index (κ1) is 18.9. The van der Waals surface area contributed by atoms with Crippen LogP contribution in [0.3, 0.4) is 0 Å². The molecule has 0 bridgehead atoms. The van der Waals surface area contributed by atoms with E-state index in [0.717, 1.165) is 52.0 Å². The Morgan fingerprint density at radius 1 is 1.17 bits per heavy atom. The highest BCUT2D eigenvalue weighted by atomic mass is 32.1. The van der Waals surface area contributed by atoms with E-state index in [-0.39, 0.29) is 11.8 Å². The minimum absolute atomic E-state index is 0.0600. The van der Waals surface area contributed by atoms with Crippen molar-refractivity contribution in [1.29, 1.82) is 0 Å². The van der Waals surface area contributed by atoms with Crippen LogP contribution in [0.2, 0.25) is 0 Å². The average Bonchev–Trinajstić information content (AvgIpc) is 3.12. The van der Waals surface area contributed by atoms with E-state index in [1.165, 1.54) is 4.88 Å². The Labute approximate surface area is 149 Å². The SMILES string of the molecule is CCN1CCN(C(=O)CCNC(=O)CCCCc2cccs2)CC1. The number of aryl methyl sites for hydroxylation is 1. The Kier molecular flexibility index (Phi) is 8.25. The zero-order chi connectivity index (χ0) is 17.2. The molecule has 2 amide bonds. The molecule has 1 aromatic rings. The number of carbonyl (C=O) groups is 2. The summed E-state index contributed by atoms with van der Waals surface area (Å²) >= 11 is 1.77. The number of carbonyl (C=O) groups excluding carboxylic acids is 2. The number of thiophene rings is 1.